The first-order valence-corrected chi connectivity index (χ1v) is 13.2. The van der Waals surface area contributed by atoms with Crippen LogP contribution in [0.1, 0.15) is 61.2 Å². The van der Waals surface area contributed by atoms with E-state index in [2.05, 4.69) is 48.1 Å². The van der Waals surface area contributed by atoms with E-state index in [1.807, 2.05) is 26.8 Å². The number of benzene rings is 1. The number of hydrogen-bond donors (Lipinski definition) is 1. The van der Waals surface area contributed by atoms with E-state index in [-0.39, 0.29) is 11.7 Å². The highest BCUT2D eigenvalue weighted by molar-refractivity contribution is 7.18. The van der Waals surface area contributed by atoms with Crippen molar-refractivity contribution in [3.8, 4) is 23.1 Å². The molecule has 3 nitrogen and oxygen atoms in total. The van der Waals surface area contributed by atoms with Crippen LogP contribution < -0.4 is 5.32 Å². The van der Waals surface area contributed by atoms with E-state index in [1.54, 1.807) is 17.4 Å². The summed E-state index contributed by atoms with van der Waals surface area (Å²) in [5, 5.41) is 4.45. The van der Waals surface area contributed by atoms with Crippen molar-refractivity contribution in [1.82, 2.24) is 15.3 Å². The number of nitrogens with zero attached hydrogens (tertiary/aromatic N) is 2. The van der Waals surface area contributed by atoms with Crippen molar-refractivity contribution in [2.24, 2.45) is 11.8 Å². The summed E-state index contributed by atoms with van der Waals surface area (Å²) < 4.78 is 15.6. The predicted molar refractivity (Wildman–Crippen MR) is 142 cm³/mol. The maximum Gasteiger partial charge on any atom is 0.144 e. The highest BCUT2D eigenvalue weighted by atomic mass is 32.1. The average Bonchev–Trinajstić information content (AvgIpc) is 3.21. The van der Waals surface area contributed by atoms with Crippen molar-refractivity contribution in [3.05, 3.63) is 51.3 Å². The van der Waals surface area contributed by atoms with Gasteiger partial charge in [0.1, 0.15) is 16.2 Å². The molecule has 5 heteroatoms. The summed E-state index contributed by atoms with van der Waals surface area (Å²) in [6.45, 7) is 12.3. The molecule has 1 saturated heterocycles. The molecule has 1 unspecified atom stereocenters. The minimum atomic E-state index is -0.195. The molecule has 1 N–H and O–H groups in total. The van der Waals surface area contributed by atoms with Crippen LogP contribution in [0.25, 0.3) is 27.7 Å². The Balaban J connectivity index is 1.77. The van der Waals surface area contributed by atoms with Gasteiger partial charge < -0.3 is 5.32 Å². The quantitative estimate of drug-likeness (QED) is 0.395. The molecule has 3 heterocycles. The number of pyridine rings is 1. The van der Waals surface area contributed by atoms with Gasteiger partial charge in [-0.2, -0.15) is 0 Å². The number of hydrogen-bond acceptors (Lipinski definition) is 4. The van der Waals surface area contributed by atoms with E-state index in [0.29, 0.717) is 11.5 Å². The van der Waals surface area contributed by atoms with E-state index < -0.39 is 0 Å². The Kier molecular flexibility index (Phi) is 7.80. The van der Waals surface area contributed by atoms with Gasteiger partial charge in [0.25, 0.3) is 0 Å². The summed E-state index contributed by atoms with van der Waals surface area (Å²) in [7, 11) is 0. The van der Waals surface area contributed by atoms with Crippen LogP contribution in [0, 0.1) is 50.3 Å². The van der Waals surface area contributed by atoms with Crippen molar-refractivity contribution in [2.75, 3.05) is 13.1 Å². The summed E-state index contributed by atoms with van der Waals surface area (Å²) in [5.41, 5.74) is 6.51. The van der Waals surface area contributed by atoms with Gasteiger partial charge in [0.2, 0.25) is 0 Å². The van der Waals surface area contributed by atoms with Crippen molar-refractivity contribution >= 4 is 27.8 Å². The molecule has 1 aliphatic rings. The molecule has 0 radical (unpaired) electrons. The summed E-state index contributed by atoms with van der Waals surface area (Å²) in [5.74, 6) is 7.15. The second-order valence-electron chi connectivity index (χ2n) is 9.20. The zero-order chi connectivity index (χ0) is 24.2. The van der Waals surface area contributed by atoms with Crippen molar-refractivity contribution in [2.45, 2.75) is 60.3 Å². The highest BCUT2D eigenvalue weighted by Gasteiger charge is 2.24. The fourth-order valence-electron chi connectivity index (χ4n) is 4.87. The van der Waals surface area contributed by atoms with Gasteiger partial charge in [-0.3, -0.25) is 0 Å². The molecule has 0 aliphatic carbocycles. The van der Waals surface area contributed by atoms with Gasteiger partial charge >= 0.3 is 0 Å². The molecule has 4 rings (SSSR count). The third-order valence-electron chi connectivity index (χ3n) is 6.68. The number of allylic oxidation sites excluding steroid dienone is 1. The first kappa shape index (κ1) is 24.6. The summed E-state index contributed by atoms with van der Waals surface area (Å²) in [6, 6.07) is 5.72. The first-order valence-electron chi connectivity index (χ1n) is 12.4. The van der Waals surface area contributed by atoms with Crippen LogP contribution in [0.4, 0.5) is 4.39 Å². The smallest absolute Gasteiger partial charge is 0.144 e. The van der Waals surface area contributed by atoms with Gasteiger partial charge in [0.15, 0.2) is 0 Å². The van der Waals surface area contributed by atoms with Crippen LogP contribution in [0.2, 0.25) is 0 Å². The number of halogens is 1. The molecule has 1 aromatic carbocycles. The molecular weight excluding hydrogens is 441 g/mol. The molecule has 1 atom stereocenters. The van der Waals surface area contributed by atoms with E-state index >= 15 is 4.39 Å². The number of piperidine rings is 1. The zero-order valence-corrected chi connectivity index (χ0v) is 21.7. The second kappa shape index (κ2) is 10.8. The molecule has 0 bridgehead atoms. The highest BCUT2D eigenvalue weighted by Crippen LogP contribution is 2.34. The molecule has 3 aromatic rings. The largest absolute Gasteiger partial charge is 0.317 e. The Morgan fingerprint density at radius 1 is 1.15 bits per heavy atom. The topological polar surface area (TPSA) is 37.8 Å². The van der Waals surface area contributed by atoms with Crippen LogP contribution >= 0.6 is 11.3 Å². The van der Waals surface area contributed by atoms with Gasteiger partial charge in [0, 0.05) is 23.5 Å². The molecule has 0 amide bonds. The van der Waals surface area contributed by atoms with E-state index in [9.17, 15) is 0 Å². The van der Waals surface area contributed by atoms with Crippen LogP contribution in [0.3, 0.4) is 0 Å². The van der Waals surface area contributed by atoms with Crippen molar-refractivity contribution < 1.29 is 4.39 Å². The van der Waals surface area contributed by atoms with Gasteiger partial charge in [-0.25, -0.2) is 14.4 Å². The van der Waals surface area contributed by atoms with Gasteiger partial charge in [-0.05, 0) is 88.4 Å². The Labute approximate surface area is 206 Å². The Morgan fingerprint density at radius 2 is 1.91 bits per heavy atom. The number of aromatic nitrogens is 2. The Bertz CT molecular complexity index is 1250. The molecule has 34 heavy (non-hydrogen) atoms. The lowest BCUT2D eigenvalue weighted by molar-refractivity contribution is 0.400. The lowest BCUT2D eigenvalue weighted by Crippen LogP contribution is -2.30. The van der Waals surface area contributed by atoms with Crippen LogP contribution in [-0.2, 0) is 0 Å². The zero-order valence-electron chi connectivity index (χ0n) is 20.9. The molecule has 178 valence electrons. The summed E-state index contributed by atoms with van der Waals surface area (Å²) in [4.78, 5) is 10.3. The first-order chi connectivity index (χ1) is 16.4. The minimum Gasteiger partial charge on any atom is -0.317 e. The molecule has 1 fully saturated rings. The Hall–Kier alpha value is -2.55. The fraction of sp³-hybridized carbons (Fsp3) is 0.448. The van der Waals surface area contributed by atoms with Crippen molar-refractivity contribution in [3.63, 3.8) is 0 Å². The third kappa shape index (κ3) is 5.24. The number of aryl methyl sites for hydroxylation is 3. The minimum absolute atomic E-state index is 0.169. The lowest BCUT2D eigenvalue weighted by Gasteiger charge is -2.28. The molecule has 0 saturated carbocycles. The predicted octanol–water partition coefficient (Wildman–Crippen LogP) is 7.25. The standard InChI is InChI=1S/C29H34FN3S/c1-6-8-9-21(7-2)25(22-10-12-31-13-11-22)17-24-18(3)14-23(16-26(24)30)27-15-19(4)28-29(33-27)34-20(5)32-28/h14-17,21-22,31H,6-7,10-13H2,1-5H3/b25-17+. The molecule has 0 spiro atoms. The number of fused-ring (bicyclic) bond motifs is 1. The normalized spacial score (nSPS) is 15.9. The lowest BCUT2D eigenvalue weighted by atomic mass is 9.80. The maximum atomic E-state index is 15.6. The summed E-state index contributed by atoms with van der Waals surface area (Å²) in [6.07, 6.45) is 6.04. The van der Waals surface area contributed by atoms with E-state index in [0.717, 1.165) is 76.5 Å². The maximum absolute atomic E-state index is 15.6. The van der Waals surface area contributed by atoms with E-state index in [4.69, 9.17) is 4.98 Å². The average molecular weight is 476 g/mol. The SMILES string of the molecule is CCC#CC(CC)/C(=C\c1c(C)cc(-c2cc(C)c3nc(C)sc3n2)cc1F)C1CCNCC1. The van der Waals surface area contributed by atoms with Crippen LogP contribution in [0.15, 0.2) is 23.8 Å². The third-order valence-corrected chi connectivity index (χ3v) is 7.55. The van der Waals surface area contributed by atoms with Crippen molar-refractivity contribution in [1.29, 1.82) is 0 Å². The Morgan fingerprint density at radius 3 is 2.59 bits per heavy atom. The monoisotopic (exact) mass is 475 g/mol. The van der Waals surface area contributed by atoms with Gasteiger partial charge in [-0.1, -0.05) is 42.8 Å². The number of rotatable bonds is 5. The van der Waals surface area contributed by atoms with E-state index in [1.165, 1.54) is 5.57 Å². The van der Waals surface area contributed by atoms with Gasteiger partial charge in [-0.15, -0.1) is 5.92 Å². The number of nitrogens with one attached hydrogen (secondary N) is 1. The number of thiazole rings is 1. The fourth-order valence-corrected chi connectivity index (χ4v) is 5.73. The molecule has 2 aromatic heterocycles. The van der Waals surface area contributed by atoms with Crippen LogP contribution in [0.5, 0.6) is 0 Å². The van der Waals surface area contributed by atoms with Gasteiger partial charge in [0.05, 0.1) is 10.7 Å². The van der Waals surface area contributed by atoms with Crippen LogP contribution in [-0.4, -0.2) is 23.1 Å². The molecular formula is C29H34FN3S. The second-order valence-corrected chi connectivity index (χ2v) is 10.4. The summed E-state index contributed by atoms with van der Waals surface area (Å²) >= 11 is 1.58. The molecule has 1 aliphatic heterocycles.